The van der Waals surface area contributed by atoms with Crippen LogP contribution in [0.2, 0.25) is 0 Å². The van der Waals surface area contributed by atoms with Crippen molar-refractivity contribution in [2.45, 2.75) is 20.3 Å². The number of hydrogen-bond acceptors (Lipinski definition) is 3. The number of aryl methyl sites for hydroxylation is 1. The fraction of sp³-hybridized carbons (Fsp3) is 0.150. The van der Waals surface area contributed by atoms with Crippen molar-refractivity contribution in [3.63, 3.8) is 0 Å². The molecule has 0 unspecified atom stereocenters. The van der Waals surface area contributed by atoms with E-state index in [1.807, 2.05) is 50.3 Å². The van der Waals surface area contributed by atoms with E-state index in [1.165, 1.54) is 0 Å². The van der Waals surface area contributed by atoms with Crippen LogP contribution >= 0.6 is 0 Å². The largest absolute Gasteiger partial charge is 0.348 e. The SMILES string of the molecule is CC=Cc1cccc(/C=c2\[nH]c(=O)/c(=C/c3nc[nH]c3CC)[nH]c2=O)c1. The van der Waals surface area contributed by atoms with Crippen molar-refractivity contribution >= 4 is 18.2 Å². The molecule has 0 aliphatic carbocycles. The summed E-state index contributed by atoms with van der Waals surface area (Å²) in [6, 6.07) is 7.69. The molecule has 3 N–H and O–H groups in total. The van der Waals surface area contributed by atoms with Crippen molar-refractivity contribution < 1.29 is 0 Å². The molecule has 0 radical (unpaired) electrons. The van der Waals surface area contributed by atoms with Crippen LogP contribution in [0.5, 0.6) is 0 Å². The Morgan fingerprint density at radius 1 is 1.04 bits per heavy atom. The van der Waals surface area contributed by atoms with E-state index < -0.39 is 0 Å². The fourth-order valence-corrected chi connectivity index (χ4v) is 2.68. The van der Waals surface area contributed by atoms with Gasteiger partial charge >= 0.3 is 0 Å². The molecule has 0 atom stereocenters. The third-order valence-corrected chi connectivity index (χ3v) is 3.95. The number of imidazole rings is 1. The molecule has 2 aromatic heterocycles. The average Bonchev–Trinajstić information content (AvgIpc) is 3.07. The van der Waals surface area contributed by atoms with Crippen LogP contribution in [-0.4, -0.2) is 19.9 Å². The summed E-state index contributed by atoms with van der Waals surface area (Å²) >= 11 is 0. The zero-order chi connectivity index (χ0) is 18.5. The zero-order valence-electron chi connectivity index (χ0n) is 14.7. The second-order valence-corrected chi connectivity index (χ2v) is 5.81. The highest BCUT2D eigenvalue weighted by Crippen LogP contribution is 2.07. The minimum Gasteiger partial charge on any atom is -0.348 e. The Morgan fingerprint density at radius 3 is 2.42 bits per heavy atom. The molecule has 2 heterocycles. The third kappa shape index (κ3) is 3.80. The molecule has 0 fully saturated rings. The van der Waals surface area contributed by atoms with E-state index in [4.69, 9.17) is 0 Å². The zero-order valence-corrected chi connectivity index (χ0v) is 14.7. The highest BCUT2D eigenvalue weighted by atomic mass is 16.1. The van der Waals surface area contributed by atoms with E-state index in [-0.39, 0.29) is 21.8 Å². The molecule has 0 saturated carbocycles. The van der Waals surface area contributed by atoms with Gasteiger partial charge in [0.2, 0.25) is 0 Å². The van der Waals surface area contributed by atoms with Crippen molar-refractivity contribution in [1.29, 1.82) is 0 Å². The fourth-order valence-electron chi connectivity index (χ4n) is 2.68. The summed E-state index contributed by atoms with van der Waals surface area (Å²) in [6.45, 7) is 3.93. The highest BCUT2D eigenvalue weighted by Gasteiger charge is 2.02. The molecule has 0 amide bonds. The molecule has 3 rings (SSSR count). The van der Waals surface area contributed by atoms with E-state index in [9.17, 15) is 9.59 Å². The quantitative estimate of drug-likeness (QED) is 0.657. The third-order valence-electron chi connectivity index (χ3n) is 3.95. The van der Waals surface area contributed by atoms with Crippen molar-refractivity contribution in [1.82, 2.24) is 19.9 Å². The second-order valence-electron chi connectivity index (χ2n) is 5.81. The number of nitrogens with zero attached hydrogens (tertiary/aromatic N) is 1. The Labute approximate surface area is 149 Å². The Hall–Kier alpha value is -3.41. The molecule has 3 aromatic rings. The van der Waals surface area contributed by atoms with Crippen LogP contribution in [0.1, 0.15) is 36.4 Å². The van der Waals surface area contributed by atoms with Crippen LogP contribution in [-0.2, 0) is 6.42 Å². The van der Waals surface area contributed by atoms with Crippen molar-refractivity contribution in [3.05, 3.63) is 90.6 Å². The molecule has 0 saturated heterocycles. The number of rotatable bonds is 4. The monoisotopic (exact) mass is 348 g/mol. The first-order valence-electron chi connectivity index (χ1n) is 8.41. The summed E-state index contributed by atoms with van der Waals surface area (Å²) in [5, 5.41) is 0.388. The van der Waals surface area contributed by atoms with Gasteiger partial charge in [0.05, 0.1) is 12.0 Å². The van der Waals surface area contributed by atoms with Crippen LogP contribution in [0, 0.1) is 0 Å². The summed E-state index contributed by atoms with van der Waals surface area (Å²) in [5.74, 6) is 0. The number of allylic oxidation sites excluding steroid dienone is 1. The van der Waals surface area contributed by atoms with E-state index in [1.54, 1.807) is 18.5 Å². The molecule has 6 heteroatoms. The Bertz CT molecular complexity index is 1180. The first kappa shape index (κ1) is 17.4. The molecule has 26 heavy (non-hydrogen) atoms. The van der Waals surface area contributed by atoms with Crippen LogP contribution in [0.25, 0.3) is 18.2 Å². The number of aromatic amines is 3. The minimum absolute atomic E-state index is 0.177. The van der Waals surface area contributed by atoms with Crippen LogP contribution in [0.4, 0.5) is 0 Å². The molecule has 0 aliphatic heterocycles. The topological polar surface area (TPSA) is 94.4 Å². The van der Waals surface area contributed by atoms with Crippen molar-refractivity contribution in [3.8, 4) is 0 Å². The Morgan fingerprint density at radius 2 is 1.73 bits per heavy atom. The molecule has 0 bridgehead atoms. The summed E-state index contributed by atoms with van der Waals surface area (Å²) in [4.78, 5) is 37.2. The minimum atomic E-state index is -0.370. The standard InChI is InChI=1S/C20H20N4O2/c1-3-6-13-7-5-8-14(9-13)10-17-19(25)24-18(20(26)23-17)11-16-15(4-2)21-12-22-16/h3,5-12H,4H2,1-2H3,(H,21,22)(H,23,26)(H,24,25)/b6-3?,17-10-,18-11-. The number of benzene rings is 1. The molecule has 132 valence electrons. The van der Waals surface area contributed by atoms with Gasteiger partial charge in [0, 0.05) is 5.69 Å². The lowest BCUT2D eigenvalue weighted by Gasteiger charge is -1.97. The molecule has 0 spiro atoms. The van der Waals surface area contributed by atoms with Gasteiger partial charge in [-0.1, -0.05) is 37.3 Å². The predicted octanol–water partition coefficient (Wildman–Crippen LogP) is 1.04. The molecule has 1 aromatic carbocycles. The highest BCUT2D eigenvalue weighted by molar-refractivity contribution is 5.57. The van der Waals surface area contributed by atoms with E-state index >= 15 is 0 Å². The van der Waals surface area contributed by atoms with Gasteiger partial charge in [-0.3, -0.25) is 9.59 Å². The van der Waals surface area contributed by atoms with Crippen LogP contribution < -0.4 is 21.8 Å². The molecule has 6 nitrogen and oxygen atoms in total. The summed E-state index contributed by atoms with van der Waals surface area (Å²) < 4.78 is 0. The summed E-state index contributed by atoms with van der Waals surface area (Å²) in [7, 11) is 0. The van der Waals surface area contributed by atoms with Gasteiger partial charge in [-0.25, -0.2) is 4.98 Å². The smallest absolute Gasteiger partial charge is 0.272 e. The van der Waals surface area contributed by atoms with Gasteiger partial charge in [-0.05, 0) is 42.7 Å². The average molecular weight is 348 g/mol. The van der Waals surface area contributed by atoms with Gasteiger partial charge in [0.15, 0.2) is 0 Å². The lowest BCUT2D eigenvalue weighted by molar-refractivity contribution is 0.998. The number of nitrogens with one attached hydrogen (secondary N) is 3. The van der Waals surface area contributed by atoms with Crippen LogP contribution in [0.3, 0.4) is 0 Å². The first-order valence-corrected chi connectivity index (χ1v) is 8.41. The van der Waals surface area contributed by atoms with Gasteiger partial charge in [0.25, 0.3) is 11.1 Å². The van der Waals surface area contributed by atoms with Gasteiger partial charge in [-0.15, -0.1) is 0 Å². The van der Waals surface area contributed by atoms with Crippen molar-refractivity contribution in [2.24, 2.45) is 0 Å². The lowest BCUT2D eigenvalue weighted by atomic mass is 10.1. The van der Waals surface area contributed by atoms with E-state index in [2.05, 4.69) is 19.9 Å². The molecule has 0 aliphatic rings. The van der Waals surface area contributed by atoms with Gasteiger partial charge in [0.1, 0.15) is 10.7 Å². The first-order chi connectivity index (χ1) is 12.6. The van der Waals surface area contributed by atoms with Gasteiger partial charge in [-0.2, -0.15) is 0 Å². The Balaban J connectivity index is 2.10. The second kappa shape index (κ2) is 7.65. The molecular weight excluding hydrogens is 328 g/mol. The summed E-state index contributed by atoms with van der Waals surface area (Å²) in [5.41, 5.74) is 2.67. The number of aromatic nitrogens is 4. The van der Waals surface area contributed by atoms with Crippen LogP contribution in [0.15, 0.2) is 46.3 Å². The lowest BCUT2D eigenvalue weighted by Crippen LogP contribution is -2.46. The maximum Gasteiger partial charge on any atom is 0.272 e. The predicted molar refractivity (Wildman–Crippen MR) is 103 cm³/mol. The normalized spacial score (nSPS) is 13.0. The maximum atomic E-state index is 12.4. The number of H-pyrrole nitrogens is 3. The number of hydrogen-bond donors (Lipinski definition) is 3. The van der Waals surface area contributed by atoms with E-state index in [0.717, 1.165) is 23.2 Å². The van der Waals surface area contributed by atoms with Gasteiger partial charge < -0.3 is 15.0 Å². The summed E-state index contributed by atoms with van der Waals surface area (Å²) in [6.07, 6.45) is 9.46. The maximum absolute atomic E-state index is 12.4. The Kier molecular flexibility index (Phi) is 5.12. The van der Waals surface area contributed by atoms with E-state index in [0.29, 0.717) is 5.69 Å². The molecular formula is C20H20N4O2. The van der Waals surface area contributed by atoms with Crippen molar-refractivity contribution in [2.75, 3.05) is 0 Å².